The first kappa shape index (κ1) is 19.5. The van der Waals surface area contributed by atoms with E-state index >= 15 is 0 Å². The fourth-order valence-electron chi connectivity index (χ4n) is 4.95. The van der Waals surface area contributed by atoms with Gasteiger partial charge in [-0.25, -0.2) is 4.52 Å². The topological polar surface area (TPSA) is 120 Å². The Morgan fingerprint density at radius 3 is 2.91 bits per heavy atom. The lowest BCUT2D eigenvalue weighted by atomic mass is 10.0. The van der Waals surface area contributed by atoms with Gasteiger partial charge in [-0.1, -0.05) is 0 Å². The lowest BCUT2D eigenvalue weighted by Gasteiger charge is -2.35. The SMILES string of the molecule is N[C@H]1CCCN(C(=O)C2CCCN2c2nc(Nc3cc(C4CC4)[nH]n3)c3cccn3n2)C1. The first-order valence-corrected chi connectivity index (χ1v) is 11.6. The van der Waals surface area contributed by atoms with Gasteiger partial charge in [-0.05, 0) is 50.7 Å². The molecule has 3 aromatic rings. The van der Waals surface area contributed by atoms with Gasteiger partial charge in [-0.15, -0.1) is 5.10 Å². The summed E-state index contributed by atoms with van der Waals surface area (Å²) in [5.41, 5.74) is 8.16. The summed E-state index contributed by atoms with van der Waals surface area (Å²) in [4.78, 5) is 22.1. The Labute approximate surface area is 186 Å². The van der Waals surface area contributed by atoms with E-state index in [0.29, 0.717) is 24.2 Å². The first-order chi connectivity index (χ1) is 15.7. The summed E-state index contributed by atoms with van der Waals surface area (Å²) in [6.45, 7) is 2.18. The van der Waals surface area contributed by atoms with E-state index in [2.05, 4.69) is 21.6 Å². The number of nitrogens with zero attached hydrogens (tertiary/aromatic N) is 6. The van der Waals surface area contributed by atoms with Crippen molar-refractivity contribution in [1.82, 2.24) is 29.7 Å². The molecule has 3 fully saturated rings. The standard InChI is InChI=1S/C22H29N9O/c23-15-4-1-9-29(13-15)21(32)18-6-2-10-30(18)22-25-20(17-5-3-11-31(17)28-22)24-19-12-16(26-27-19)14-7-8-14/h3,5,11-12,14-15,18H,1-2,4,6-10,13,23H2,(H2,24,25,26,27,28)/t15-,18?/m0/s1. The van der Waals surface area contributed by atoms with Crippen LogP contribution >= 0.6 is 0 Å². The Kier molecular flexibility index (Phi) is 4.74. The molecule has 2 atom stereocenters. The minimum atomic E-state index is -0.243. The predicted molar refractivity (Wildman–Crippen MR) is 121 cm³/mol. The number of piperidine rings is 1. The normalized spacial score (nSPS) is 23.8. The maximum absolute atomic E-state index is 13.3. The van der Waals surface area contributed by atoms with Gasteiger partial charge in [0.05, 0.1) is 0 Å². The van der Waals surface area contributed by atoms with Crippen molar-refractivity contribution >= 4 is 29.0 Å². The second kappa shape index (κ2) is 7.77. The molecule has 10 heteroatoms. The lowest BCUT2D eigenvalue weighted by Crippen LogP contribution is -2.52. The third-order valence-corrected chi connectivity index (χ3v) is 6.81. The van der Waals surface area contributed by atoms with Crippen molar-refractivity contribution in [3.63, 3.8) is 0 Å². The molecule has 5 heterocycles. The van der Waals surface area contributed by atoms with E-state index in [9.17, 15) is 4.79 Å². The van der Waals surface area contributed by atoms with Crippen molar-refractivity contribution in [3.8, 4) is 0 Å². The highest BCUT2D eigenvalue weighted by Gasteiger charge is 2.37. The molecule has 32 heavy (non-hydrogen) atoms. The molecule has 3 aliphatic rings. The largest absolute Gasteiger partial charge is 0.339 e. The molecule has 6 rings (SSSR count). The van der Waals surface area contributed by atoms with Gasteiger partial charge in [0.25, 0.3) is 0 Å². The van der Waals surface area contributed by atoms with E-state index < -0.39 is 0 Å². The van der Waals surface area contributed by atoms with Gasteiger partial charge in [0.1, 0.15) is 11.6 Å². The Bertz CT molecular complexity index is 1130. The molecular weight excluding hydrogens is 406 g/mol. The summed E-state index contributed by atoms with van der Waals surface area (Å²) < 4.78 is 1.82. The first-order valence-electron chi connectivity index (χ1n) is 11.6. The average molecular weight is 436 g/mol. The minimum Gasteiger partial charge on any atom is -0.339 e. The van der Waals surface area contributed by atoms with Crippen LogP contribution in [0.4, 0.5) is 17.6 Å². The van der Waals surface area contributed by atoms with E-state index in [1.165, 1.54) is 12.8 Å². The van der Waals surface area contributed by atoms with Crippen LogP contribution in [-0.2, 0) is 4.79 Å². The third kappa shape index (κ3) is 3.58. The summed E-state index contributed by atoms with van der Waals surface area (Å²) in [5, 5.41) is 15.6. The van der Waals surface area contributed by atoms with Crippen LogP contribution in [0, 0.1) is 0 Å². The highest BCUT2D eigenvalue weighted by Crippen LogP contribution is 2.39. The zero-order valence-electron chi connectivity index (χ0n) is 18.1. The molecule has 2 saturated heterocycles. The Balaban J connectivity index is 1.29. The minimum absolute atomic E-state index is 0.0696. The molecule has 10 nitrogen and oxygen atoms in total. The Morgan fingerprint density at radius 1 is 1.19 bits per heavy atom. The number of aromatic amines is 1. The average Bonchev–Trinajstić information content (AvgIpc) is 3.19. The number of rotatable bonds is 5. The van der Waals surface area contributed by atoms with Crippen LogP contribution in [0.5, 0.6) is 0 Å². The quantitative estimate of drug-likeness (QED) is 0.560. The number of nitrogens with one attached hydrogen (secondary N) is 2. The zero-order valence-corrected chi connectivity index (χ0v) is 18.1. The van der Waals surface area contributed by atoms with E-state index in [4.69, 9.17) is 15.8 Å². The van der Waals surface area contributed by atoms with Gasteiger partial charge >= 0.3 is 0 Å². The zero-order chi connectivity index (χ0) is 21.7. The second-order valence-electron chi connectivity index (χ2n) is 9.24. The Morgan fingerprint density at radius 2 is 2.06 bits per heavy atom. The van der Waals surface area contributed by atoms with Crippen LogP contribution in [0.3, 0.4) is 0 Å². The van der Waals surface area contributed by atoms with Gasteiger partial charge < -0.3 is 20.9 Å². The molecular formula is C22H29N9O. The highest BCUT2D eigenvalue weighted by atomic mass is 16.2. The number of anilines is 3. The number of nitrogens with two attached hydrogens (primary N) is 1. The molecule has 3 aromatic heterocycles. The molecule has 1 saturated carbocycles. The Hall–Kier alpha value is -3.14. The van der Waals surface area contributed by atoms with Crippen molar-refractivity contribution in [2.45, 2.75) is 56.5 Å². The number of amides is 1. The van der Waals surface area contributed by atoms with E-state index in [1.807, 2.05) is 32.6 Å². The van der Waals surface area contributed by atoms with Gasteiger partial charge in [0, 0.05) is 49.6 Å². The van der Waals surface area contributed by atoms with E-state index in [1.54, 1.807) is 0 Å². The second-order valence-corrected chi connectivity index (χ2v) is 9.24. The third-order valence-electron chi connectivity index (χ3n) is 6.81. The molecule has 1 unspecified atom stereocenters. The van der Waals surface area contributed by atoms with Gasteiger partial charge in [0.2, 0.25) is 11.9 Å². The number of fused-ring (bicyclic) bond motifs is 1. The van der Waals surface area contributed by atoms with Crippen LogP contribution < -0.4 is 16.0 Å². The molecule has 4 N–H and O–H groups in total. The predicted octanol–water partition coefficient (Wildman–Crippen LogP) is 1.99. The number of likely N-dealkylation sites (tertiary alicyclic amines) is 1. The smallest absolute Gasteiger partial charge is 0.246 e. The monoisotopic (exact) mass is 435 g/mol. The number of hydrogen-bond donors (Lipinski definition) is 3. The summed E-state index contributed by atoms with van der Waals surface area (Å²) in [7, 11) is 0. The molecule has 2 aliphatic heterocycles. The van der Waals surface area contributed by atoms with Crippen LogP contribution in [0.25, 0.3) is 5.52 Å². The number of H-pyrrole nitrogens is 1. The summed E-state index contributed by atoms with van der Waals surface area (Å²) in [6.07, 6.45) is 8.04. The van der Waals surface area contributed by atoms with Gasteiger partial charge in [-0.2, -0.15) is 10.1 Å². The summed E-state index contributed by atoms with van der Waals surface area (Å²) in [6, 6.07) is 5.80. The van der Waals surface area contributed by atoms with Crippen molar-refractivity contribution in [3.05, 3.63) is 30.1 Å². The maximum Gasteiger partial charge on any atom is 0.246 e. The molecule has 0 radical (unpaired) electrons. The van der Waals surface area contributed by atoms with E-state index in [0.717, 1.165) is 55.8 Å². The van der Waals surface area contributed by atoms with Crippen LogP contribution in [-0.4, -0.2) is 67.3 Å². The van der Waals surface area contributed by atoms with Crippen molar-refractivity contribution in [2.24, 2.45) is 5.73 Å². The number of aromatic nitrogens is 5. The van der Waals surface area contributed by atoms with Crippen molar-refractivity contribution in [2.75, 3.05) is 29.9 Å². The van der Waals surface area contributed by atoms with Gasteiger partial charge in [-0.3, -0.25) is 9.89 Å². The maximum atomic E-state index is 13.3. The lowest BCUT2D eigenvalue weighted by molar-refractivity contribution is -0.133. The number of carbonyl (C=O) groups excluding carboxylic acids is 1. The van der Waals surface area contributed by atoms with E-state index in [-0.39, 0.29) is 18.0 Å². The number of carbonyl (C=O) groups is 1. The van der Waals surface area contributed by atoms with Crippen LogP contribution in [0.2, 0.25) is 0 Å². The highest BCUT2D eigenvalue weighted by molar-refractivity contribution is 5.86. The van der Waals surface area contributed by atoms with Crippen LogP contribution in [0.1, 0.15) is 50.1 Å². The fourth-order valence-corrected chi connectivity index (χ4v) is 4.95. The molecule has 0 spiro atoms. The van der Waals surface area contributed by atoms with Crippen LogP contribution in [0.15, 0.2) is 24.4 Å². The summed E-state index contributed by atoms with van der Waals surface area (Å²) >= 11 is 0. The summed E-state index contributed by atoms with van der Waals surface area (Å²) in [5.74, 6) is 2.74. The molecule has 168 valence electrons. The van der Waals surface area contributed by atoms with Gasteiger partial charge in [0.15, 0.2) is 11.6 Å². The van der Waals surface area contributed by atoms with Crippen molar-refractivity contribution < 1.29 is 4.79 Å². The molecule has 0 aromatic carbocycles. The molecule has 1 aliphatic carbocycles. The molecule has 1 amide bonds. The van der Waals surface area contributed by atoms with Crippen molar-refractivity contribution in [1.29, 1.82) is 0 Å². The molecule has 0 bridgehead atoms. The number of hydrogen-bond acceptors (Lipinski definition) is 7. The fraction of sp³-hybridized carbons (Fsp3) is 0.545.